The minimum absolute atomic E-state index is 0.00389. The fourth-order valence-electron chi connectivity index (χ4n) is 2.19. The Labute approximate surface area is 122 Å². The summed E-state index contributed by atoms with van der Waals surface area (Å²) in [4.78, 5) is 13.1. The van der Waals surface area contributed by atoms with Gasteiger partial charge < -0.3 is 10.1 Å². The standard InChI is InChI=1S/C13H19N3O3S/c1-19-12-4-2-3-11(13(12)16(17)18)14-5-6-15-7-9-20-10-8-15/h2-4,14H,5-10H2,1H3. The molecule has 7 heteroatoms. The number of methoxy groups -OCH3 is 1. The summed E-state index contributed by atoms with van der Waals surface area (Å²) < 4.78 is 5.05. The van der Waals surface area contributed by atoms with Crippen LogP contribution in [-0.4, -0.2) is 54.6 Å². The van der Waals surface area contributed by atoms with Gasteiger partial charge in [0.05, 0.1) is 12.0 Å². The molecule has 0 radical (unpaired) electrons. The van der Waals surface area contributed by atoms with Crippen molar-refractivity contribution in [3.8, 4) is 5.75 Å². The number of hydrogen-bond donors (Lipinski definition) is 1. The largest absolute Gasteiger partial charge is 0.490 e. The average Bonchev–Trinajstić information content (AvgIpc) is 2.47. The number of benzene rings is 1. The molecule has 6 nitrogen and oxygen atoms in total. The van der Waals surface area contributed by atoms with E-state index in [0.717, 1.165) is 19.6 Å². The molecule has 110 valence electrons. The molecule has 0 aliphatic carbocycles. The highest BCUT2D eigenvalue weighted by Gasteiger charge is 2.20. The Morgan fingerprint density at radius 1 is 1.45 bits per heavy atom. The first-order valence-corrected chi connectivity index (χ1v) is 7.73. The van der Waals surface area contributed by atoms with Gasteiger partial charge in [-0.15, -0.1) is 0 Å². The fraction of sp³-hybridized carbons (Fsp3) is 0.538. The van der Waals surface area contributed by atoms with Crippen molar-refractivity contribution in [1.29, 1.82) is 0 Å². The second-order valence-corrected chi connectivity index (χ2v) is 5.72. The summed E-state index contributed by atoms with van der Waals surface area (Å²) in [6.07, 6.45) is 0. The smallest absolute Gasteiger partial charge is 0.333 e. The van der Waals surface area contributed by atoms with Gasteiger partial charge in [-0.05, 0) is 12.1 Å². The number of anilines is 1. The highest BCUT2D eigenvalue weighted by Crippen LogP contribution is 2.34. The third kappa shape index (κ3) is 3.77. The Balaban J connectivity index is 1.96. The SMILES string of the molecule is COc1cccc(NCCN2CCSCC2)c1[N+](=O)[O-]. The second-order valence-electron chi connectivity index (χ2n) is 4.49. The molecule has 0 spiro atoms. The number of hydrogen-bond acceptors (Lipinski definition) is 6. The van der Waals surface area contributed by atoms with Gasteiger partial charge in [0.2, 0.25) is 0 Å². The predicted octanol–water partition coefficient (Wildman–Crippen LogP) is 2.06. The Morgan fingerprint density at radius 3 is 2.85 bits per heavy atom. The van der Waals surface area contributed by atoms with Crippen molar-refractivity contribution < 1.29 is 9.66 Å². The lowest BCUT2D eigenvalue weighted by Gasteiger charge is -2.26. The van der Waals surface area contributed by atoms with Gasteiger partial charge >= 0.3 is 5.69 Å². The van der Waals surface area contributed by atoms with Crippen LogP contribution in [0.5, 0.6) is 5.75 Å². The van der Waals surface area contributed by atoms with Gasteiger partial charge in [-0.1, -0.05) is 6.07 Å². The van der Waals surface area contributed by atoms with E-state index in [-0.39, 0.29) is 11.4 Å². The van der Waals surface area contributed by atoms with E-state index in [2.05, 4.69) is 10.2 Å². The second kappa shape index (κ2) is 7.35. The molecule has 1 aliphatic heterocycles. The summed E-state index contributed by atoms with van der Waals surface area (Å²) in [5.74, 6) is 2.62. The van der Waals surface area contributed by atoms with E-state index in [0.29, 0.717) is 12.2 Å². The third-order valence-electron chi connectivity index (χ3n) is 3.25. The Kier molecular flexibility index (Phi) is 5.49. The molecule has 1 aliphatic rings. The molecule has 0 amide bonds. The highest BCUT2D eigenvalue weighted by molar-refractivity contribution is 7.99. The summed E-state index contributed by atoms with van der Waals surface area (Å²) in [5.41, 5.74) is 0.518. The van der Waals surface area contributed by atoms with E-state index in [1.165, 1.54) is 18.6 Å². The summed E-state index contributed by atoms with van der Waals surface area (Å²) in [5, 5.41) is 14.3. The molecule has 1 aromatic carbocycles. The van der Waals surface area contributed by atoms with Crippen LogP contribution in [0, 0.1) is 10.1 Å². The molecule has 20 heavy (non-hydrogen) atoms. The number of thioether (sulfide) groups is 1. The van der Waals surface area contributed by atoms with Crippen molar-refractivity contribution in [2.24, 2.45) is 0 Å². The lowest BCUT2D eigenvalue weighted by molar-refractivity contribution is -0.384. The first-order valence-electron chi connectivity index (χ1n) is 6.57. The van der Waals surface area contributed by atoms with Crippen LogP contribution >= 0.6 is 11.8 Å². The summed E-state index contributed by atoms with van der Waals surface area (Å²) in [6, 6.07) is 5.07. The highest BCUT2D eigenvalue weighted by atomic mass is 32.2. The van der Waals surface area contributed by atoms with Crippen LogP contribution in [-0.2, 0) is 0 Å². The van der Waals surface area contributed by atoms with Crippen molar-refractivity contribution in [3.63, 3.8) is 0 Å². The zero-order valence-corrected chi connectivity index (χ0v) is 12.3. The molecule has 1 N–H and O–H groups in total. The van der Waals surface area contributed by atoms with Crippen molar-refractivity contribution in [3.05, 3.63) is 28.3 Å². The molecule has 0 saturated carbocycles. The van der Waals surface area contributed by atoms with E-state index in [1.54, 1.807) is 18.2 Å². The quantitative estimate of drug-likeness (QED) is 0.640. The molecule has 0 unspecified atom stereocenters. The van der Waals surface area contributed by atoms with Crippen LogP contribution in [0.2, 0.25) is 0 Å². The maximum absolute atomic E-state index is 11.1. The fourth-order valence-corrected chi connectivity index (χ4v) is 3.17. The Hall–Kier alpha value is -1.47. The number of nitrogens with one attached hydrogen (secondary N) is 1. The monoisotopic (exact) mass is 297 g/mol. The van der Waals surface area contributed by atoms with Crippen molar-refractivity contribution in [2.45, 2.75) is 0 Å². The van der Waals surface area contributed by atoms with Crippen molar-refractivity contribution in [1.82, 2.24) is 4.90 Å². The molecule has 1 aromatic rings. The number of nitro benzene ring substituents is 1. The normalized spacial score (nSPS) is 15.8. The Bertz CT molecular complexity index is 464. The first-order chi connectivity index (χ1) is 9.72. The molecule has 2 rings (SSSR count). The van der Waals surface area contributed by atoms with Crippen LogP contribution in [0.3, 0.4) is 0 Å². The lowest BCUT2D eigenvalue weighted by Crippen LogP contribution is -2.36. The number of nitro groups is 1. The molecule has 0 aromatic heterocycles. The zero-order chi connectivity index (χ0) is 14.4. The van der Waals surface area contributed by atoms with Crippen LogP contribution in [0.4, 0.5) is 11.4 Å². The van der Waals surface area contributed by atoms with Crippen LogP contribution in [0.15, 0.2) is 18.2 Å². The van der Waals surface area contributed by atoms with Gasteiger partial charge in [0.15, 0.2) is 5.75 Å². The van der Waals surface area contributed by atoms with Crippen LogP contribution in [0.25, 0.3) is 0 Å². The molecule has 0 bridgehead atoms. The molecule has 1 heterocycles. The van der Waals surface area contributed by atoms with Gasteiger partial charge in [0.25, 0.3) is 0 Å². The van der Waals surface area contributed by atoms with E-state index >= 15 is 0 Å². The number of rotatable bonds is 6. The number of ether oxygens (including phenoxy) is 1. The van der Waals surface area contributed by atoms with Crippen LogP contribution in [0.1, 0.15) is 0 Å². The van der Waals surface area contributed by atoms with E-state index < -0.39 is 4.92 Å². The molecule has 1 fully saturated rings. The molecular weight excluding hydrogens is 278 g/mol. The number of para-hydroxylation sites is 1. The molecular formula is C13H19N3O3S. The van der Waals surface area contributed by atoms with Gasteiger partial charge in [-0.25, -0.2) is 0 Å². The topological polar surface area (TPSA) is 67.6 Å². The van der Waals surface area contributed by atoms with Crippen molar-refractivity contribution >= 4 is 23.1 Å². The molecule has 1 saturated heterocycles. The summed E-state index contributed by atoms with van der Waals surface area (Å²) >= 11 is 1.97. The lowest BCUT2D eigenvalue weighted by atomic mass is 10.2. The van der Waals surface area contributed by atoms with Crippen LogP contribution < -0.4 is 10.1 Å². The molecule has 0 atom stereocenters. The van der Waals surface area contributed by atoms with E-state index in [4.69, 9.17) is 4.74 Å². The summed E-state index contributed by atoms with van der Waals surface area (Å²) in [6.45, 7) is 3.77. The third-order valence-corrected chi connectivity index (χ3v) is 4.19. The predicted molar refractivity (Wildman–Crippen MR) is 81.9 cm³/mol. The zero-order valence-electron chi connectivity index (χ0n) is 11.5. The van der Waals surface area contributed by atoms with E-state index in [1.807, 2.05) is 11.8 Å². The minimum Gasteiger partial charge on any atom is -0.490 e. The van der Waals surface area contributed by atoms with E-state index in [9.17, 15) is 10.1 Å². The maximum atomic E-state index is 11.1. The minimum atomic E-state index is -0.404. The Morgan fingerprint density at radius 2 is 2.20 bits per heavy atom. The first kappa shape index (κ1) is 14.9. The van der Waals surface area contributed by atoms with Gasteiger partial charge in [-0.2, -0.15) is 11.8 Å². The van der Waals surface area contributed by atoms with Gasteiger partial charge in [0.1, 0.15) is 5.69 Å². The average molecular weight is 297 g/mol. The summed E-state index contributed by atoms with van der Waals surface area (Å²) in [7, 11) is 1.44. The number of nitrogens with zero attached hydrogens (tertiary/aromatic N) is 2. The van der Waals surface area contributed by atoms with Crippen molar-refractivity contribution in [2.75, 3.05) is 50.1 Å². The van der Waals surface area contributed by atoms with Gasteiger partial charge in [0, 0.05) is 37.7 Å². The maximum Gasteiger partial charge on any atom is 0.333 e. The van der Waals surface area contributed by atoms with Gasteiger partial charge in [-0.3, -0.25) is 15.0 Å².